The monoisotopic (exact) mass is 288 g/mol. The maximum atomic E-state index is 6.37. The number of likely N-dealkylation sites (tertiary alicyclic amines) is 1. The lowest BCUT2D eigenvalue weighted by Gasteiger charge is -2.45. The molecule has 0 saturated carbocycles. The Labute approximate surface area is 125 Å². The van der Waals surface area contributed by atoms with Crippen LogP contribution < -0.4 is 5.32 Å². The molecule has 2 nitrogen and oxygen atoms in total. The zero-order valence-corrected chi connectivity index (χ0v) is 13.1. The quantitative estimate of drug-likeness (QED) is 0.680. The van der Waals surface area contributed by atoms with Crippen LogP contribution >= 0.6 is 11.6 Å². The van der Waals surface area contributed by atoms with E-state index in [-0.39, 0.29) is 5.41 Å². The summed E-state index contributed by atoms with van der Waals surface area (Å²) in [7, 11) is 2.27. The molecule has 0 aromatic rings. The maximum absolute atomic E-state index is 6.37. The molecule has 0 fully saturated rings. The first-order valence-corrected chi connectivity index (χ1v) is 7.90. The van der Waals surface area contributed by atoms with Crippen LogP contribution in [0.25, 0.3) is 0 Å². The molecule has 0 aromatic heterocycles. The summed E-state index contributed by atoms with van der Waals surface area (Å²) < 4.78 is 0. The number of nitrogens with zero attached hydrogens (tertiary/aromatic N) is 1. The van der Waals surface area contributed by atoms with E-state index in [1.165, 1.54) is 18.4 Å². The Bertz CT molecular complexity index is 610. The molecule has 2 heterocycles. The van der Waals surface area contributed by atoms with Crippen molar-refractivity contribution >= 4 is 11.6 Å². The smallest absolute Gasteiger partial charge is 0.103 e. The number of hydrogen-bond donors (Lipinski definition) is 1. The molecule has 2 aliphatic heterocycles. The Hall–Kier alpha value is -1.15. The van der Waals surface area contributed by atoms with Gasteiger partial charge in [0.15, 0.2) is 0 Å². The van der Waals surface area contributed by atoms with Crippen LogP contribution in [0.5, 0.6) is 0 Å². The van der Waals surface area contributed by atoms with Crippen molar-refractivity contribution in [1.82, 2.24) is 10.2 Å². The number of fused-ring (bicyclic) bond motifs is 1. The summed E-state index contributed by atoms with van der Waals surface area (Å²) >= 11 is 6.37. The van der Waals surface area contributed by atoms with Crippen LogP contribution in [0.15, 0.2) is 45.9 Å². The van der Waals surface area contributed by atoms with E-state index in [0.29, 0.717) is 12.0 Å². The molecule has 0 aromatic carbocycles. The molecule has 0 amide bonds. The van der Waals surface area contributed by atoms with Crippen molar-refractivity contribution in [3.63, 3.8) is 0 Å². The predicted octanol–water partition coefficient (Wildman–Crippen LogP) is 3.89. The first-order chi connectivity index (χ1) is 9.52. The summed E-state index contributed by atoms with van der Waals surface area (Å²) in [4.78, 5) is 2.54. The van der Waals surface area contributed by atoms with Gasteiger partial charge in [0.05, 0.1) is 0 Å². The van der Waals surface area contributed by atoms with Gasteiger partial charge in [-0.15, -0.1) is 0 Å². The van der Waals surface area contributed by atoms with Crippen LogP contribution in [0, 0.1) is 11.3 Å². The van der Waals surface area contributed by atoms with Gasteiger partial charge in [-0.1, -0.05) is 31.0 Å². The van der Waals surface area contributed by atoms with Crippen LogP contribution in [0.2, 0.25) is 0 Å². The molecule has 0 spiro atoms. The van der Waals surface area contributed by atoms with Gasteiger partial charge < -0.3 is 10.2 Å². The molecule has 2 aliphatic carbocycles. The van der Waals surface area contributed by atoms with Gasteiger partial charge in [0.25, 0.3) is 0 Å². The predicted molar refractivity (Wildman–Crippen MR) is 82.9 cm³/mol. The first kappa shape index (κ1) is 12.6. The molecule has 4 rings (SSSR count). The van der Waals surface area contributed by atoms with Crippen LogP contribution in [0.3, 0.4) is 0 Å². The van der Waals surface area contributed by atoms with Gasteiger partial charge in [-0.25, -0.2) is 0 Å². The molecule has 4 aliphatic rings. The molecular formula is C17H21ClN2. The summed E-state index contributed by atoms with van der Waals surface area (Å²) in [5.74, 6) is 0.565. The van der Waals surface area contributed by atoms with Crippen LogP contribution in [0.4, 0.5) is 0 Å². The van der Waals surface area contributed by atoms with Crippen molar-refractivity contribution in [1.29, 1.82) is 0 Å². The Morgan fingerprint density at radius 3 is 3.00 bits per heavy atom. The molecule has 1 N–H and O–H groups in total. The molecular weight excluding hydrogens is 268 g/mol. The Morgan fingerprint density at radius 2 is 2.20 bits per heavy atom. The molecule has 3 heteroatoms. The highest BCUT2D eigenvalue weighted by Crippen LogP contribution is 2.57. The fourth-order valence-electron chi connectivity index (χ4n) is 4.71. The first-order valence-electron chi connectivity index (χ1n) is 7.52. The molecule has 0 saturated heterocycles. The molecule has 3 unspecified atom stereocenters. The SMILES string of the molecule is CC1C2CC3=C(CCC4=C3C=CNC(Cl)=CC41C)N2C. The van der Waals surface area contributed by atoms with Gasteiger partial charge in [0.1, 0.15) is 5.16 Å². The van der Waals surface area contributed by atoms with Gasteiger partial charge in [-0.2, -0.15) is 0 Å². The number of hydrogen-bond acceptors (Lipinski definition) is 2. The number of allylic oxidation sites excluding steroid dienone is 5. The van der Waals surface area contributed by atoms with Crippen molar-refractivity contribution in [2.24, 2.45) is 11.3 Å². The topological polar surface area (TPSA) is 15.3 Å². The fourth-order valence-corrected chi connectivity index (χ4v) is 4.99. The third kappa shape index (κ3) is 1.41. The van der Waals surface area contributed by atoms with Crippen molar-refractivity contribution in [3.8, 4) is 0 Å². The molecule has 20 heavy (non-hydrogen) atoms. The normalized spacial score (nSPS) is 38.6. The number of rotatable bonds is 0. The molecule has 5 bridgehead atoms. The van der Waals surface area contributed by atoms with Crippen molar-refractivity contribution in [3.05, 3.63) is 45.9 Å². The summed E-state index contributed by atoms with van der Waals surface area (Å²) in [5.41, 5.74) is 6.27. The fraction of sp³-hybridized carbons (Fsp3) is 0.529. The molecule has 3 atom stereocenters. The van der Waals surface area contributed by atoms with Gasteiger partial charge in [0, 0.05) is 30.4 Å². The lowest BCUT2D eigenvalue weighted by atomic mass is 9.66. The van der Waals surface area contributed by atoms with Crippen molar-refractivity contribution in [2.45, 2.75) is 39.2 Å². The van der Waals surface area contributed by atoms with E-state index < -0.39 is 0 Å². The standard InChI is InChI=1S/C17H21ClN2/c1-10-15-8-12-11-6-7-19-16(18)9-17(10,2)13(11)4-5-14(12)20(15)3/h6-7,9-10,15,19H,4-5,8H2,1-3H3. The second-order valence-corrected chi connectivity index (χ2v) is 7.15. The highest BCUT2D eigenvalue weighted by molar-refractivity contribution is 6.29. The van der Waals surface area contributed by atoms with Crippen molar-refractivity contribution in [2.75, 3.05) is 7.05 Å². The summed E-state index contributed by atoms with van der Waals surface area (Å²) in [5, 5.41) is 3.94. The highest BCUT2D eigenvalue weighted by Gasteiger charge is 2.49. The minimum atomic E-state index is 0.0524. The van der Waals surface area contributed by atoms with Gasteiger partial charge in [0.2, 0.25) is 0 Å². The summed E-state index contributed by atoms with van der Waals surface area (Å²) in [6, 6.07) is 0.602. The highest BCUT2D eigenvalue weighted by atomic mass is 35.5. The van der Waals surface area contributed by atoms with E-state index in [0.717, 1.165) is 11.6 Å². The van der Waals surface area contributed by atoms with E-state index in [1.807, 2.05) is 6.20 Å². The Balaban J connectivity index is 2.04. The molecule has 106 valence electrons. The maximum Gasteiger partial charge on any atom is 0.103 e. The minimum absolute atomic E-state index is 0.0524. The lowest BCUT2D eigenvalue weighted by molar-refractivity contribution is 0.161. The van der Waals surface area contributed by atoms with Crippen molar-refractivity contribution < 1.29 is 0 Å². The van der Waals surface area contributed by atoms with E-state index in [2.05, 4.69) is 43.3 Å². The van der Waals surface area contributed by atoms with E-state index in [9.17, 15) is 0 Å². The number of nitrogens with one attached hydrogen (secondary N) is 1. The van der Waals surface area contributed by atoms with Gasteiger partial charge in [-0.3, -0.25) is 0 Å². The zero-order valence-electron chi connectivity index (χ0n) is 12.3. The van der Waals surface area contributed by atoms with E-state index >= 15 is 0 Å². The van der Waals surface area contributed by atoms with Crippen LogP contribution in [0.1, 0.15) is 33.1 Å². The Morgan fingerprint density at radius 1 is 1.40 bits per heavy atom. The van der Waals surface area contributed by atoms with Crippen LogP contribution in [-0.2, 0) is 0 Å². The lowest BCUT2D eigenvalue weighted by Crippen LogP contribution is -2.43. The summed E-state index contributed by atoms with van der Waals surface area (Å²) in [6.07, 6.45) is 10.0. The van der Waals surface area contributed by atoms with Gasteiger partial charge >= 0.3 is 0 Å². The number of halogens is 1. The zero-order chi connectivity index (χ0) is 14.1. The molecule has 0 radical (unpaired) electrons. The summed E-state index contributed by atoms with van der Waals surface area (Å²) in [6.45, 7) is 4.76. The van der Waals surface area contributed by atoms with E-state index in [1.54, 1.807) is 16.8 Å². The minimum Gasteiger partial charge on any atom is -0.374 e. The van der Waals surface area contributed by atoms with Gasteiger partial charge in [-0.05, 0) is 48.5 Å². The van der Waals surface area contributed by atoms with E-state index in [4.69, 9.17) is 11.6 Å². The Kier molecular flexibility index (Phi) is 2.48. The average molecular weight is 289 g/mol. The second-order valence-electron chi connectivity index (χ2n) is 6.74. The largest absolute Gasteiger partial charge is 0.374 e. The van der Waals surface area contributed by atoms with Crippen LogP contribution in [-0.4, -0.2) is 18.0 Å². The third-order valence-corrected chi connectivity index (χ3v) is 6.24. The average Bonchev–Trinajstić information content (AvgIpc) is 2.71. The third-order valence-electron chi connectivity index (χ3n) is 6.02. The second kappa shape index (κ2) is 3.94.